The molecule has 2 heteroatoms. The van der Waals surface area contributed by atoms with Gasteiger partial charge in [-0.25, -0.2) is 0 Å². The van der Waals surface area contributed by atoms with Gasteiger partial charge in [0.15, 0.2) is 6.04 Å². The van der Waals surface area contributed by atoms with Crippen molar-refractivity contribution in [3.05, 3.63) is 114 Å². The molecule has 3 aromatic carbocycles. The predicted octanol–water partition coefficient (Wildman–Crippen LogP) is 5.67. The van der Waals surface area contributed by atoms with Gasteiger partial charge in [-0.15, -0.1) is 0 Å². The van der Waals surface area contributed by atoms with Gasteiger partial charge >= 0.3 is 5.90 Å². The largest absolute Gasteiger partial charge is 0.404 e. The fraction of sp³-hybridized carbons (Fsp3) is 0.160. The van der Waals surface area contributed by atoms with E-state index < -0.39 is 0 Å². The van der Waals surface area contributed by atoms with Crippen LogP contribution in [0, 0.1) is 0 Å². The summed E-state index contributed by atoms with van der Waals surface area (Å²) in [6.45, 7) is 4.42. The minimum Gasteiger partial charge on any atom is -0.404 e. The van der Waals surface area contributed by atoms with Crippen LogP contribution in [0.25, 0.3) is 5.76 Å². The van der Waals surface area contributed by atoms with Gasteiger partial charge in [0.1, 0.15) is 5.76 Å². The lowest BCUT2D eigenvalue weighted by Crippen LogP contribution is -2.35. The molecule has 134 valence electrons. The molecule has 0 bridgehead atoms. The van der Waals surface area contributed by atoms with Crippen molar-refractivity contribution in [2.24, 2.45) is 0 Å². The van der Waals surface area contributed by atoms with Crippen LogP contribution in [-0.2, 0) is 4.74 Å². The molecule has 0 radical (unpaired) electrons. The minimum absolute atomic E-state index is 0.116. The van der Waals surface area contributed by atoms with E-state index in [0.717, 1.165) is 22.8 Å². The third-order valence-corrected chi connectivity index (χ3v) is 4.83. The van der Waals surface area contributed by atoms with Crippen LogP contribution in [0.5, 0.6) is 0 Å². The van der Waals surface area contributed by atoms with Gasteiger partial charge in [0, 0.05) is 17.2 Å². The minimum atomic E-state index is 0.116. The van der Waals surface area contributed by atoms with E-state index in [1.54, 1.807) is 0 Å². The zero-order chi connectivity index (χ0) is 18.6. The lowest BCUT2D eigenvalue weighted by molar-refractivity contribution is -0.597. The Morgan fingerprint density at radius 3 is 1.78 bits per heavy atom. The molecular weight excluding hydrogens is 330 g/mol. The van der Waals surface area contributed by atoms with Crippen LogP contribution in [0.4, 0.5) is 0 Å². The number of hydrogen-bond acceptors (Lipinski definition) is 1. The van der Waals surface area contributed by atoms with E-state index in [9.17, 15) is 0 Å². The van der Waals surface area contributed by atoms with E-state index in [0.29, 0.717) is 6.04 Å². The molecule has 3 aromatic rings. The van der Waals surface area contributed by atoms with Crippen molar-refractivity contribution in [3.63, 3.8) is 0 Å². The molecule has 2 nitrogen and oxygen atoms in total. The molecule has 1 unspecified atom stereocenters. The molecule has 1 aliphatic heterocycles. The lowest BCUT2D eigenvalue weighted by atomic mass is 10.00. The first-order valence-electron chi connectivity index (χ1n) is 9.45. The van der Waals surface area contributed by atoms with Gasteiger partial charge in [-0.1, -0.05) is 78.9 Å². The second kappa shape index (κ2) is 7.63. The topological polar surface area (TPSA) is 12.2 Å². The zero-order valence-corrected chi connectivity index (χ0v) is 15.7. The van der Waals surface area contributed by atoms with Gasteiger partial charge in [-0.05, 0) is 26.0 Å². The average molecular weight is 354 g/mol. The average Bonchev–Trinajstić information content (AvgIpc) is 2.74. The van der Waals surface area contributed by atoms with E-state index in [-0.39, 0.29) is 6.04 Å². The molecule has 1 atom stereocenters. The number of ether oxygens (including phenoxy) is 1. The summed E-state index contributed by atoms with van der Waals surface area (Å²) >= 11 is 0. The summed E-state index contributed by atoms with van der Waals surface area (Å²) in [5.41, 5.74) is 3.44. The van der Waals surface area contributed by atoms with Gasteiger partial charge < -0.3 is 4.74 Å². The van der Waals surface area contributed by atoms with Gasteiger partial charge in [0.2, 0.25) is 6.04 Å². The van der Waals surface area contributed by atoms with Crippen molar-refractivity contribution in [1.82, 2.24) is 0 Å². The summed E-state index contributed by atoms with van der Waals surface area (Å²) in [6.07, 6.45) is 2.23. The number of nitrogens with zero attached hydrogens (tertiary/aromatic N) is 1. The molecule has 0 fully saturated rings. The van der Waals surface area contributed by atoms with E-state index in [2.05, 4.69) is 91.2 Å². The number of rotatable bonds is 4. The summed E-state index contributed by atoms with van der Waals surface area (Å²) in [6, 6.07) is 31.7. The highest BCUT2D eigenvalue weighted by Gasteiger charge is 2.36. The maximum Gasteiger partial charge on any atom is 0.376 e. The van der Waals surface area contributed by atoms with Gasteiger partial charge in [-0.2, -0.15) is 4.58 Å². The second-order valence-corrected chi connectivity index (χ2v) is 7.03. The van der Waals surface area contributed by atoms with E-state index >= 15 is 0 Å². The zero-order valence-electron chi connectivity index (χ0n) is 15.7. The maximum atomic E-state index is 6.49. The highest BCUT2D eigenvalue weighted by Crippen LogP contribution is 2.32. The van der Waals surface area contributed by atoms with Gasteiger partial charge in [-0.3, -0.25) is 0 Å². The lowest BCUT2D eigenvalue weighted by Gasteiger charge is -2.25. The first-order valence-corrected chi connectivity index (χ1v) is 9.45. The highest BCUT2D eigenvalue weighted by atomic mass is 16.5. The van der Waals surface area contributed by atoms with E-state index in [4.69, 9.17) is 4.74 Å². The van der Waals surface area contributed by atoms with Crippen LogP contribution in [0.2, 0.25) is 0 Å². The van der Waals surface area contributed by atoms with Crippen molar-refractivity contribution in [1.29, 1.82) is 0 Å². The summed E-state index contributed by atoms with van der Waals surface area (Å²) in [5.74, 6) is 1.81. The molecule has 0 saturated carbocycles. The Bertz CT molecular complexity index is 957. The molecule has 0 aromatic heterocycles. The van der Waals surface area contributed by atoms with Crippen LogP contribution in [-0.4, -0.2) is 16.5 Å². The summed E-state index contributed by atoms with van der Waals surface area (Å²) in [7, 11) is 0. The molecular formula is C25H24NO+. The van der Waals surface area contributed by atoms with Crippen molar-refractivity contribution < 1.29 is 9.31 Å². The second-order valence-electron chi connectivity index (χ2n) is 7.03. The van der Waals surface area contributed by atoms with Crippen LogP contribution in [0.1, 0.15) is 36.6 Å². The first kappa shape index (κ1) is 17.3. The normalized spacial score (nSPS) is 16.9. The fourth-order valence-corrected chi connectivity index (χ4v) is 3.55. The Kier molecular flexibility index (Phi) is 4.88. The van der Waals surface area contributed by atoms with Crippen molar-refractivity contribution >= 4 is 11.7 Å². The van der Waals surface area contributed by atoms with Crippen LogP contribution < -0.4 is 0 Å². The summed E-state index contributed by atoms with van der Waals surface area (Å²) in [5, 5.41) is 0. The Balaban J connectivity index is 1.91. The number of hydrogen-bond donors (Lipinski definition) is 0. The van der Waals surface area contributed by atoms with Crippen molar-refractivity contribution in [3.8, 4) is 0 Å². The smallest absolute Gasteiger partial charge is 0.376 e. The maximum absolute atomic E-state index is 6.49. The Morgan fingerprint density at radius 2 is 1.22 bits per heavy atom. The van der Waals surface area contributed by atoms with E-state index in [1.165, 1.54) is 5.56 Å². The molecule has 27 heavy (non-hydrogen) atoms. The first-order chi connectivity index (χ1) is 13.2. The van der Waals surface area contributed by atoms with Crippen molar-refractivity contribution in [2.75, 3.05) is 0 Å². The molecule has 1 aliphatic rings. The Hall–Kier alpha value is -3.13. The molecule has 0 aliphatic carbocycles. The molecule has 4 rings (SSSR count). The predicted molar refractivity (Wildman–Crippen MR) is 111 cm³/mol. The summed E-state index contributed by atoms with van der Waals surface area (Å²) < 4.78 is 8.85. The molecule has 0 amide bonds. The molecule has 0 saturated heterocycles. The van der Waals surface area contributed by atoms with Crippen molar-refractivity contribution in [2.45, 2.75) is 25.9 Å². The standard InChI is InChI=1S/C25H24NO/c1-19(2)26-23(20-12-6-3-7-13-20)18-24(21-14-8-4-9-15-21)27-25(26)22-16-10-5-11-17-22/h3-19,23H,1-2H3/q+1. The Morgan fingerprint density at radius 1 is 0.704 bits per heavy atom. The van der Waals surface area contributed by atoms with E-state index in [1.807, 2.05) is 24.3 Å². The quantitative estimate of drug-likeness (QED) is 0.550. The van der Waals surface area contributed by atoms with Gasteiger partial charge in [0.05, 0.1) is 5.56 Å². The highest BCUT2D eigenvalue weighted by molar-refractivity contribution is 5.94. The third kappa shape index (κ3) is 3.56. The van der Waals surface area contributed by atoms with Crippen LogP contribution >= 0.6 is 0 Å². The summed E-state index contributed by atoms with van der Waals surface area (Å²) in [4.78, 5) is 0. The van der Waals surface area contributed by atoms with Gasteiger partial charge in [0.25, 0.3) is 0 Å². The van der Waals surface area contributed by atoms with Crippen LogP contribution in [0.3, 0.4) is 0 Å². The van der Waals surface area contributed by atoms with Crippen LogP contribution in [0.15, 0.2) is 97.1 Å². The molecule has 0 spiro atoms. The third-order valence-electron chi connectivity index (χ3n) is 4.83. The number of benzene rings is 3. The fourth-order valence-electron chi connectivity index (χ4n) is 3.55. The Labute approximate surface area is 161 Å². The monoisotopic (exact) mass is 354 g/mol. The molecule has 0 N–H and O–H groups in total. The molecule has 1 heterocycles. The SMILES string of the molecule is CC(C)[N+]1=C(c2ccccc2)OC(c2ccccc2)=CC1c1ccccc1.